The number of aromatic nitrogens is 2. The number of fused-ring (bicyclic) bond motifs is 3. The van der Waals surface area contributed by atoms with Crippen LogP contribution in [0.1, 0.15) is 18.2 Å². The van der Waals surface area contributed by atoms with Crippen LogP contribution in [0, 0.1) is 11.6 Å². The first-order valence-corrected chi connectivity index (χ1v) is 13.3. The first-order chi connectivity index (χ1) is 19.8. The molecule has 2 aliphatic rings. The molecule has 3 aromatic rings. The third-order valence-electron chi connectivity index (χ3n) is 7.55. The average Bonchev–Trinajstić information content (AvgIpc) is 3.40. The molecule has 0 spiro atoms. The number of ether oxygens (including phenoxy) is 2. The number of H-pyrrole nitrogens is 1. The summed E-state index contributed by atoms with van der Waals surface area (Å²) in [6.07, 6.45) is 4.23. The molecule has 0 bridgehead atoms. The highest BCUT2D eigenvalue weighted by molar-refractivity contribution is 6.16. The second-order valence-electron chi connectivity index (χ2n) is 9.84. The van der Waals surface area contributed by atoms with Crippen molar-refractivity contribution in [1.82, 2.24) is 19.8 Å². The van der Waals surface area contributed by atoms with Crippen LogP contribution in [0.25, 0.3) is 11.0 Å². The summed E-state index contributed by atoms with van der Waals surface area (Å²) in [6, 6.07) is 2.33. The lowest BCUT2D eigenvalue weighted by atomic mass is 10.1. The maximum absolute atomic E-state index is 15.5. The molecule has 13 heteroatoms. The zero-order valence-electron chi connectivity index (χ0n) is 23.6. The predicted octanol–water partition coefficient (Wildman–Crippen LogP) is 3.44. The molecule has 1 fully saturated rings. The van der Waals surface area contributed by atoms with Gasteiger partial charge in [-0.1, -0.05) is 6.92 Å². The summed E-state index contributed by atoms with van der Waals surface area (Å²) < 4.78 is 41.3. The predicted molar refractivity (Wildman–Crippen MR) is 154 cm³/mol. The number of pyridine rings is 1. The van der Waals surface area contributed by atoms with Gasteiger partial charge in [0, 0.05) is 81.1 Å². The number of carbonyl (C=O) groups is 1. The SMILES string of the molecule is CCN1CCN(Cc2cc3c4c(cnc3[nH]2)CN(c2c(F)c(OC)cc(OC)c2F)C(=O)N4C(C=NC)=CN)CC1. The fourth-order valence-electron chi connectivity index (χ4n) is 5.41. The van der Waals surface area contributed by atoms with E-state index in [1.165, 1.54) is 38.6 Å². The molecular weight excluding hydrogens is 534 g/mol. The number of aliphatic imine (C=N–C) groups is 1. The second-order valence-corrected chi connectivity index (χ2v) is 9.84. The number of benzene rings is 1. The number of hydrogen-bond acceptors (Lipinski definition) is 8. The number of anilines is 2. The van der Waals surface area contributed by atoms with Gasteiger partial charge in [-0.05, 0) is 12.6 Å². The van der Waals surface area contributed by atoms with Crippen LogP contribution in [0.2, 0.25) is 0 Å². The number of aromatic amines is 1. The number of likely N-dealkylation sites (N-methyl/N-ethyl adjacent to an activating group) is 1. The lowest BCUT2D eigenvalue weighted by molar-refractivity contribution is 0.131. The number of piperazine rings is 1. The Kier molecular flexibility index (Phi) is 8.08. The molecule has 0 aliphatic carbocycles. The first-order valence-electron chi connectivity index (χ1n) is 13.3. The molecule has 11 nitrogen and oxygen atoms in total. The molecule has 0 saturated carbocycles. The lowest BCUT2D eigenvalue weighted by Gasteiger charge is -2.37. The Bertz CT molecular complexity index is 1490. The summed E-state index contributed by atoms with van der Waals surface area (Å²) in [5, 5.41) is 0.686. The van der Waals surface area contributed by atoms with Gasteiger partial charge < -0.3 is 25.1 Å². The Balaban J connectivity index is 1.61. The minimum absolute atomic E-state index is 0.154. The normalized spacial score (nSPS) is 17.1. The number of nitrogens with two attached hydrogens (primary N) is 1. The third-order valence-corrected chi connectivity index (χ3v) is 7.55. The Labute approximate surface area is 236 Å². The van der Waals surface area contributed by atoms with Crippen LogP contribution in [0.4, 0.5) is 25.0 Å². The van der Waals surface area contributed by atoms with E-state index >= 15 is 8.78 Å². The molecule has 0 unspecified atom stereocenters. The summed E-state index contributed by atoms with van der Waals surface area (Å²) in [5.74, 6) is -2.61. The molecule has 41 heavy (non-hydrogen) atoms. The Hall–Kier alpha value is -4.23. The van der Waals surface area contributed by atoms with Crippen molar-refractivity contribution in [2.45, 2.75) is 20.0 Å². The quantitative estimate of drug-likeness (QED) is 0.400. The van der Waals surface area contributed by atoms with Gasteiger partial charge in [-0.25, -0.2) is 18.6 Å². The second kappa shape index (κ2) is 11.7. The molecule has 1 saturated heterocycles. The minimum Gasteiger partial charge on any atom is -0.493 e. The molecule has 2 aromatic heterocycles. The lowest BCUT2D eigenvalue weighted by Crippen LogP contribution is -2.48. The van der Waals surface area contributed by atoms with Crippen LogP contribution in [-0.4, -0.2) is 86.0 Å². The third kappa shape index (κ3) is 5.06. The van der Waals surface area contributed by atoms with Crippen LogP contribution in [-0.2, 0) is 13.1 Å². The zero-order chi connectivity index (χ0) is 29.3. The number of nitrogens with zero attached hydrogens (tertiary/aromatic N) is 6. The highest BCUT2D eigenvalue weighted by Crippen LogP contribution is 2.43. The van der Waals surface area contributed by atoms with Crippen molar-refractivity contribution in [3.05, 3.63) is 53.1 Å². The molecule has 1 aromatic carbocycles. The molecule has 2 aliphatic heterocycles. The summed E-state index contributed by atoms with van der Waals surface area (Å²) in [4.78, 5) is 33.2. The molecule has 5 rings (SSSR count). The summed E-state index contributed by atoms with van der Waals surface area (Å²) in [5.41, 5.74) is 8.18. The van der Waals surface area contributed by atoms with Gasteiger partial charge in [-0.15, -0.1) is 0 Å². The number of carbonyl (C=O) groups excluding carboxylic acids is 1. The smallest absolute Gasteiger partial charge is 0.334 e. The van der Waals surface area contributed by atoms with Crippen molar-refractivity contribution < 1.29 is 23.0 Å². The first kappa shape index (κ1) is 28.3. The van der Waals surface area contributed by atoms with E-state index in [2.05, 4.69) is 31.7 Å². The maximum atomic E-state index is 15.5. The maximum Gasteiger partial charge on any atom is 0.334 e. The Morgan fingerprint density at radius 1 is 1.10 bits per heavy atom. The van der Waals surface area contributed by atoms with E-state index < -0.39 is 23.4 Å². The van der Waals surface area contributed by atoms with Gasteiger partial charge in [0.25, 0.3) is 0 Å². The number of hydrogen-bond donors (Lipinski definition) is 2. The number of rotatable bonds is 8. The van der Waals surface area contributed by atoms with E-state index in [0.717, 1.165) is 49.4 Å². The van der Waals surface area contributed by atoms with Gasteiger partial charge >= 0.3 is 6.03 Å². The van der Waals surface area contributed by atoms with Crippen molar-refractivity contribution in [3.8, 4) is 11.5 Å². The van der Waals surface area contributed by atoms with E-state index in [1.54, 1.807) is 6.20 Å². The van der Waals surface area contributed by atoms with E-state index in [-0.39, 0.29) is 23.7 Å². The molecule has 218 valence electrons. The van der Waals surface area contributed by atoms with E-state index in [0.29, 0.717) is 28.8 Å². The molecule has 3 N–H and O–H groups in total. The highest BCUT2D eigenvalue weighted by atomic mass is 19.1. The van der Waals surface area contributed by atoms with E-state index in [4.69, 9.17) is 15.2 Å². The van der Waals surface area contributed by atoms with Gasteiger partial charge in [-0.2, -0.15) is 0 Å². The molecule has 2 amide bonds. The van der Waals surface area contributed by atoms with Crippen molar-refractivity contribution >= 4 is 34.7 Å². The van der Waals surface area contributed by atoms with Crippen LogP contribution < -0.4 is 25.0 Å². The van der Waals surface area contributed by atoms with Gasteiger partial charge in [0.15, 0.2) is 23.1 Å². The average molecular weight is 569 g/mol. The van der Waals surface area contributed by atoms with Gasteiger partial charge in [-0.3, -0.25) is 19.7 Å². The minimum atomic E-state index is -1.04. The van der Waals surface area contributed by atoms with Crippen molar-refractivity contribution in [1.29, 1.82) is 0 Å². The molecule has 0 atom stereocenters. The number of urea groups is 1. The monoisotopic (exact) mass is 568 g/mol. The highest BCUT2D eigenvalue weighted by Gasteiger charge is 2.39. The van der Waals surface area contributed by atoms with E-state index in [1.807, 2.05) is 6.07 Å². The summed E-state index contributed by atoms with van der Waals surface area (Å²) in [6.45, 7) is 7.64. The van der Waals surface area contributed by atoms with Crippen molar-refractivity contribution in [2.24, 2.45) is 10.7 Å². The fraction of sp³-hybridized carbons (Fsp3) is 0.393. The zero-order valence-corrected chi connectivity index (χ0v) is 23.6. The molecule has 4 heterocycles. The van der Waals surface area contributed by atoms with Crippen LogP contribution in [0.5, 0.6) is 11.5 Å². The van der Waals surface area contributed by atoms with Gasteiger partial charge in [0.05, 0.1) is 32.1 Å². The number of nitrogens with one attached hydrogen (secondary N) is 1. The topological polar surface area (TPSA) is 116 Å². The fourth-order valence-corrected chi connectivity index (χ4v) is 5.41. The summed E-state index contributed by atoms with van der Waals surface area (Å²) >= 11 is 0. The van der Waals surface area contributed by atoms with Gasteiger partial charge in [0.2, 0.25) is 0 Å². The number of amides is 2. The summed E-state index contributed by atoms with van der Waals surface area (Å²) in [7, 11) is 4.04. The van der Waals surface area contributed by atoms with Crippen LogP contribution >= 0.6 is 0 Å². The van der Waals surface area contributed by atoms with Crippen molar-refractivity contribution in [3.63, 3.8) is 0 Å². The molecular formula is C28H34F2N8O3. The Morgan fingerprint density at radius 2 is 1.76 bits per heavy atom. The largest absolute Gasteiger partial charge is 0.493 e. The molecule has 0 radical (unpaired) electrons. The number of methoxy groups -OCH3 is 2. The number of halogens is 2. The number of allylic oxidation sites excluding steroid dienone is 1. The van der Waals surface area contributed by atoms with Gasteiger partial charge in [0.1, 0.15) is 11.3 Å². The van der Waals surface area contributed by atoms with E-state index in [9.17, 15) is 4.79 Å². The standard InChI is InChI=1S/C28H34F2N8O3/c1-5-35-6-8-36(9-7-35)16-18-10-20-25-17(13-33-27(20)34-18)15-37(28(39)38(25)19(12-31)14-32-2)26-23(29)21(40-3)11-22(41-4)24(26)30/h10-14H,5-9,15-16,31H2,1-4H3,(H,33,34). The van der Waals surface area contributed by atoms with Crippen LogP contribution in [0.3, 0.4) is 0 Å². The van der Waals surface area contributed by atoms with Crippen LogP contribution in [0.15, 0.2) is 35.2 Å². The Morgan fingerprint density at radius 3 is 2.34 bits per heavy atom. The van der Waals surface area contributed by atoms with Crippen molar-refractivity contribution in [2.75, 3.05) is 63.8 Å².